The van der Waals surface area contributed by atoms with Crippen molar-refractivity contribution >= 4 is 0 Å². The zero-order valence-electron chi connectivity index (χ0n) is 9.09. The molecule has 2 rings (SSSR count). The molecule has 3 unspecified atom stereocenters. The fraction of sp³-hybridized carbons (Fsp3) is 0.385. The van der Waals surface area contributed by atoms with Gasteiger partial charge in [-0.3, -0.25) is 0 Å². The van der Waals surface area contributed by atoms with Crippen LogP contribution in [0.15, 0.2) is 42.7 Å². The van der Waals surface area contributed by atoms with E-state index >= 15 is 0 Å². The standard InChI is InChI=1S/C13H16O2/c1-10-11(2)15-13(8-9-14-10)12-6-4-3-5-7-12/h3-11,13H,1-2H3. The zero-order valence-corrected chi connectivity index (χ0v) is 9.09. The number of hydrogen-bond acceptors (Lipinski definition) is 2. The van der Waals surface area contributed by atoms with E-state index in [1.54, 1.807) is 6.26 Å². The van der Waals surface area contributed by atoms with Gasteiger partial charge in [0.05, 0.1) is 12.4 Å². The van der Waals surface area contributed by atoms with Crippen molar-refractivity contribution in [2.45, 2.75) is 32.2 Å². The molecule has 1 aromatic rings. The molecule has 0 fully saturated rings. The van der Waals surface area contributed by atoms with Gasteiger partial charge in [0.15, 0.2) is 0 Å². The molecule has 0 N–H and O–H groups in total. The van der Waals surface area contributed by atoms with Crippen molar-refractivity contribution in [1.29, 1.82) is 0 Å². The molecular formula is C13H16O2. The average molecular weight is 204 g/mol. The maximum Gasteiger partial charge on any atom is 0.121 e. The Hall–Kier alpha value is -1.28. The summed E-state index contributed by atoms with van der Waals surface area (Å²) in [6, 6.07) is 10.2. The molecule has 15 heavy (non-hydrogen) atoms. The zero-order chi connectivity index (χ0) is 10.7. The van der Waals surface area contributed by atoms with Crippen LogP contribution in [0.2, 0.25) is 0 Å². The van der Waals surface area contributed by atoms with Crippen LogP contribution in [0.5, 0.6) is 0 Å². The Morgan fingerprint density at radius 2 is 1.73 bits per heavy atom. The van der Waals surface area contributed by atoms with Crippen molar-refractivity contribution in [1.82, 2.24) is 0 Å². The van der Waals surface area contributed by atoms with Crippen LogP contribution in [0.4, 0.5) is 0 Å². The molecule has 0 spiro atoms. The molecule has 80 valence electrons. The predicted octanol–water partition coefficient (Wildman–Crippen LogP) is 3.07. The van der Waals surface area contributed by atoms with E-state index in [9.17, 15) is 0 Å². The van der Waals surface area contributed by atoms with E-state index in [1.165, 1.54) is 5.56 Å². The Balaban J connectivity index is 2.17. The lowest BCUT2D eigenvalue weighted by Crippen LogP contribution is -2.24. The summed E-state index contributed by atoms with van der Waals surface area (Å²) in [6.07, 6.45) is 3.91. The highest BCUT2D eigenvalue weighted by molar-refractivity contribution is 5.21. The molecule has 0 bridgehead atoms. The van der Waals surface area contributed by atoms with Gasteiger partial charge in [-0.05, 0) is 25.5 Å². The summed E-state index contributed by atoms with van der Waals surface area (Å²) in [5.74, 6) is 0. The molecule has 2 heteroatoms. The summed E-state index contributed by atoms with van der Waals surface area (Å²) in [4.78, 5) is 0. The van der Waals surface area contributed by atoms with Gasteiger partial charge in [-0.25, -0.2) is 0 Å². The lowest BCUT2D eigenvalue weighted by molar-refractivity contribution is -0.0357. The maximum absolute atomic E-state index is 5.90. The molecule has 1 aliphatic heterocycles. The first-order valence-corrected chi connectivity index (χ1v) is 5.30. The minimum atomic E-state index is 0.00569. The van der Waals surface area contributed by atoms with Crippen molar-refractivity contribution in [2.75, 3.05) is 0 Å². The largest absolute Gasteiger partial charge is 0.496 e. The number of benzene rings is 1. The number of rotatable bonds is 1. The van der Waals surface area contributed by atoms with E-state index in [4.69, 9.17) is 9.47 Å². The van der Waals surface area contributed by atoms with Crippen molar-refractivity contribution in [3.8, 4) is 0 Å². The first-order valence-electron chi connectivity index (χ1n) is 5.30. The first kappa shape index (κ1) is 10.2. The van der Waals surface area contributed by atoms with Crippen molar-refractivity contribution in [3.63, 3.8) is 0 Å². The van der Waals surface area contributed by atoms with E-state index in [0.717, 1.165) is 0 Å². The average Bonchev–Trinajstić information content (AvgIpc) is 2.43. The van der Waals surface area contributed by atoms with Gasteiger partial charge in [-0.2, -0.15) is 0 Å². The maximum atomic E-state index is 5.90. The molecule has 1 aromatic carbocycles. The Kier molecular flexibility index (Phi) is 3.07. The molecule has 0 aromatic heterocycles. The minimum absolute atomic E-state index is 0.00569. The van der Waals surface area contributed by atoms with Crippen molar-refractivity contribution in [3.05, 3.63) is 48.2 Å². The summed E-state index contributed by atoms with van der Waals surface area (Å²) < 4.78 is 11.4. The third kappa shape index (κ3) is 2.39. The highest BCUT2D eigenvalue weighted by Crippen LogP contribution is 2.24. The summed E-state index contributed by atoms with van der Waals surface area (Å²) in [7, 11) is 0. The van der Waals surface area contributed by atoms with Crippen LogP contribution in [-0.2, 0) is 9.47 Å². The fourth-order valence-corrected chi connectivity index (χ4v) is 1.57. The van der Waals surface area contributed by atoms with Gasteiger partial charge in [0.2, 0.25) is 0 Å². The number of hydrogen-bond donors (Lipinski definition) is 0. The predicted molar refractivity (Wildman–Crippen MR) is 59.4 cm³/mol. The Bertz CT molecular complexity index is 332. The Morgan fingerprint density at radius 1 is 1.00 bits per heavy atom. The Labute approximate surface area is 90.5 Å². The van der Waals surface area contributed by atoms with Gasteiger partial charge < -0.3 is 9.47 Å². The van der Waals surface area contributed by atoms with Crippen LogP contribution in [0.1, 0.15) is 25.5 Å². The third-order valence-electron chi connectivity index (χ3n) is 2.70. The van der Waals surface area contributed by atoms with Gasteiger partial charge in [0.1, 0.15) is 12.2 Å². The summed E-state index contributed by atoms with van der Waals surface area (Å²) in [5, 5.41) is 0. The van der Waals surface area contributed by atoms with Gasteiger partial charge in [-0.15, -0.1) is 0 Å². The minimum Gasteiger partial charge on any atom is -0.496 e. The summed E-state index contributed by atoms with van der Waals surface area (Å²) in [5.41, 5.74) is 1.17. The Morgan fingerprint density at radius 3 is 2.47 bits per heavy atom. The van der Waals surface area contributed by atoms with Crippen LogP contribution in [-0.4, -0.2) is 12.2 Å². The van der Waals surface area contributed by atoms with Crippen LogP contribution in [0.25, 0.3) is 0 Å². The van der Waals surface area contributed by atoms with E-state index < -0.39 is 0 Å². The third-order valence-corrected chi connectivity index (χ3v) is 2.70. The monoisotopic (exact) mass is 204 g/mol. The van der Waals surface area contributed by atoms with Crippen molar-refractivity contribution < 1.29 is 9.47 Å². The van der Waals surface area contributed by atoms with Crippen LogP contribution in [0.3, 0.4) is 0 Å². The molecule has 0 aliphatic carbocycles. The van der Waals surface area contributed by atoms with Gasteiger partial charge in [0.25, 0.3) is 0 Å². The molecule has 1 heterocycles. The van der Waals surface area contributed by atoms with E-state index in [-0.39, 0.29) is 18.3 Å². The summed E-state index contributed by atoms with van der Waals surface area (Å²) >= 11 is 0. The van der Waals surface area contributed by atoms with E-state index in [1.807, 2.05) is 38.1 Å². The quantitative estimate of drug-likeness (QED) is 0.700. The van der Waals surface area contributed by atoms with Gasteiger partial charge in [-0.1, -0.05) is 30.3 Å². The second-order valence-corrected chi connectivity index (χ2v) is 3.84. The lowest BCUT2D eigenvalue weighted by atomic mass is 10.1. The van der Waals surface area contributed by atoms with Gasteiger partial charge in [0, 0.05) is 0 Å². The normalized spacial score (nSPS) is 30.7. The molecule has 0 amide bonds. The molecule has 2 nitrogen and oxygen atoms in total. The van der Waals surface area contributed by atoms with Crippen LogP contribution >= 0.6 is 0 Å². The van der Waals surface area contributed by atoms with Crippen molar-refractivity contribution in [2.24, 2.45) is 0 Å². The highest BCUT2D eigenvalue weighted by atomic mass is 16.5. The second kappa shape index (κ2) is 4.49. The molecule has 0 saturated heterocycles. The molecular weight excluding hydrogens is 188 g/mol. The summed E-state index contributed by atoms with van der Waals surface area (Å²) in [6.45, 7) is 4.05. The molecule has 3 atom stereocenters. The fourth-order valence-electron chi connectivity index (χ4n) is 1.57. The molecule has 0 saturated carbocycles. The SMILES string of the molecule is CC1OC=CC(c2ccccc2)OC1C. The van der Waals surface area contributed by atoms with E-state index in [2.05, 4.69) is 12.1 Å². The van der Waals surface area contributed by atoms with E-state index in [0.29, 0.717) is 0 Å². The molecule has 0 radical (unpaired) electrons. The smallest absolute Gasteiger partial charge is 0.121 e. The van der Waals surface area contributed by atoms with Crippen LogP contribution < -0.4 is 0 Å². The highest BCUT2D eigenvalue weighted by Gasteiger charge is 2.21. The van der Waals surface area contributed by atoms with Gasteiger partial charge >= 0.3 is 0 Å². The second-order valence-electron chi connectivity index (χ2n) is 3.84. The van der Waals surface area contributed by atoms with Crippen LogP contribution in [0, 0.1) is 0 Å². The topological polar surface area (TPSA) is 18.5 Å². The molecule has 1 aliphatic rings. The lowest BCUT2D eigenvalue weighted by Gasteiger charge is -2.20. The first-order chi connectivity index (χ1) is 7.27. The number of ether oxygens (including phenoxy) is 2.